The Balaban J connectivity index is 1.93. The summed E-state index contributed by atoms with van der Waals surface area (Å²) < 4.78 is 32.2. The Hall–Kier alpha value is -3.16. The van der Waals surface area contributed by atoms with Crippen LogP contribution in [0.4, 0.5) is 8.78 Å². The Bertz CT molecular complexity index is 1550. The Kier molecular flexibility index (Phi) is 4.56. The van der Waals surface area contributed by atoms with Gasteiger partial charge in [0.1, 0.15) is 17.3 Å². The third-order valence-electron chi connectivity index (χ3n) is 5.04. The van der Waals surface area contributed by atoms with Crippen molar-refractivity contribution >= 4 is 40.1 Å². The van der Waals surface area contributed by atoms with E-state index < -0.39 is 5.82 Å². The number of hydrogen-bond acceptors (Lipinski definition) is 3. The average molecular weight is 437 g/mol. The van der Waals surface area contributed by atoms with Gasteiger partial charge in [-0.25, -0.2) is 8.78 Å². The topological polar surface area (TPSA) is 26.4 Å². The molecule has 0 N–H and O–H groups in total. The van der Waals surface area contributed by atoms with Crippen molar-refractivity contribution in [3.05, 3.63) is 104 Å². The van der Waals surface area contributed by atoms with Crippen LogP contribution in [0.5, 0.6) is 0 Å². The molecule has 0 spiro atoms. The van der Waals surface area contributed by atoms with Gasteiger partial charge in [-0.1, -0.05) is 42.5 Å². The molecule has 0 aliphatic heterocycles. The van der Waals surface area contributed by atoms with Gasteiger partial charge in [-0.3, -0.25) is 13.8 Å². The summed E-state index contributed by atoms with van der Waals surface area (Å²) in [5.41, 5.74) is 1.96. The number of fused-ring (bicyclic) bond motifs is 3. The van der Waals surface area contributed by atoms with Crippen LogP contribution in [0.15, 0.2) is 77.6 Å². The van der Waals surface area contributed by atoms with E-state index in [1.807, 2.05) is 16.5 Å². The van der Waals surface area contributed by atoms with Crippen LogP contribution >= 0.6 is 23.6 Å². The summed E-state index contributed by atoms with van der Waals surface area (Å²) in [6.07, 6.45) is 0. The van der Waals surface area contributed by atoms with Crippen molar-refractivity contribution in [2.24, 2.45) is 0 Å². The van der Waals surface area contributed by atoms with Crippen molar-refractivity contribution in [3.8, 4) is 10.4 Å². The molecule has 5 rings (SSSR count). The number of aromatic nitrogens is 2. The number of para-hydroxylation sites is 1. The Morgan fingerprint density at radius 2 is 1.70 bits per heavy atom. The second-order valence-electron chi connectivity index (χ2n) is 6.87. The van der Waals surface area contributed by atoms with Crippen LogP contribution in [-0.2, 0) is 6.54 Å². The Morgan fingerprint density at radius 3 is 2.50 bits per heavy atom. The summed E-state index contributed by atoms with van der Waals surface area (Å²) in [5, 5.41) is 0.487. The Labute approximate surface area is 179 Å². The molecule has 0 aliphatic carbocycles. The van der Waals surface area contributed by atoms with Gasteiger partial charge < -0.3 is 0 Å². The molecule has 7 heteroatoms. The second-order valence-corrected chi connectivity index (χ2v) is 8.51. The number of rotatable bonds is 3. The molecule has 3 nitrogen and oxygen atoms in total. The van der Waals surface area contributed by atoms with Crippen LogP contribution in [0, 0.1) is 15.6 Å². The molecule has 0 amide bonds. The van der Waals surface area contributed by atoms with Gasteiger partial charge in [0.15, 0.2) is 3.95 Å². The van der Waals surface area contributed by atoms with Crippen LogP contribution in [0.25, 0.3) is 27.0 Å². The standard InChI is InChI=1S/C23H14F2N2OS2/c24-16-8-5-7-14(12-16)20-21-26(13-15-6-1-3-10-18(15)25)22(28)17-9-2-4-11-19(17)27(21)23(29)30-20/h1-12H,13H2. The molecule has 2 heterocycles. The molecular weight excluding hydrogens is 422 g/mol. The monoisotopic (exact) mass is 436 g/mol. The molecule has 0 aliphatic rings. The van der Waals surface area contributed by atoms with Crippen LogP contribution in [-0.4, -0.2) is 8.97 Å². The summed E-state index contributed by atoms with van der Waals surface area (Å²) in [5.74, 6) is -0.773. The van der Waals surface area contributed by atoms with Crippen molar-refractivity contribution in [2.75, 3.05) is 0 Å². The van der Waals surface area contributed by atoms with E-state index in [2.05, 4.69) is 0 Å². The number of nitrogens with zero attached hydrogens (tertiary/aromatic N) is 2. The fourth-order valence-electron chi connectivity index (χ4n) is 3.67. The molecule has 3 aromatic carbocycles. The zero-order valence-corrected chi connectivity index (χ0v) is 17.1. The third-order valence-corrected chi connectivity index (χ3v) is 6.45. The molecule has 0 atom stereocenters. The first-order chi connectivity index (χ1) is 14.5. The van der Waals surface area contributed by atoms with E-state index in [9.17, 15) is 13.6 Å². The fourth-order valence-corrected chi connectivity index (χ4v) is 5.10. The van der Waals surface area contributed by atoms with Crippen LogP contribution in [0.3, 0.4) is 0 Å². The first-order valence-electron chi connectivity index (χ1n) is 9.21. The van der Waals surface area contributed by atoms with Crippen molar-refractivity contribution < 1.29 is 8.78 Å². The predicted molar refractivity (Wildman–Crippen MR) is 119 cm³/mol. The number of halogens is 2. The molecule has 0 fully saturated rings. The van der Waals surface area contributed by atoms with Gasteiger partial charge in [-0.2, -0.15) is 0 Å². The summed E-state index contributed by atoms with van der Waals surface area (Å²) in [6.45, 7) is 0.0354. The zero-order chi connectivity index (χ0) is 20.8. The predicted octanol–water partition coefficient (Wildman–Crippen LogP) is 6.04. The molecular formula is C23H14F2N2OS2. The summed E-state index contributed by atoms with van der Waals surface area (Å²) in [7, 11) is 0. The van der Waals surface area contributed by atoms with E-state index in [4.69, 9.17) is 12.2 Å². The van der Waals surface area contributed by atoms with Gasteiger partial charge >= 0.3 is 0 Å². The van der Waals surface area contributed by atoms with Gasteiger partial charge in [0, 0.05) is 5.56 Å². The van der Waals surface area contributed by atoms with Gasteiger partial charge in [-0.05, 0) is 48.1 Å². The molecule has 0 saturated heterocycles. The van der Waals surface area contributed by atoms with Crippen LogP contribution in [0.1, 0.15) is 5.56 Å². The smallest absolute Gasteiger partial charge is 0.261 e. The molecule has 0 bridgehead atoms. The third kappa shape index (κ3) is 2.98. The van der Waals surface area contributed by atoms with Crippen molar-refractivity contribution in [2.45, 2.75) is 6.54 Å². The van der Waals surface area contributed by atoms with Gasteiger partial charge in [0.2, 0.25) is 0 Å². The number of hydrogen-bond donors (Lipinski definition) is 0. The summed E-state index contributed by atoms with van der Waals surface area (Å²) >= 11 is 6.93. The van der Waals surface area contributed by atoms with Gasteiger partial charge in [0.05, 0.1) is 22.3 Å². The highest BCUT2D eigenvalue weighted by molar-refractivity contribution is 7.73. The van der Waals surface area contributed by atoms with Crippen molar-refractivity contribution in [1.29, 1.82) is 0 Å². The largest absolute Gasteiger partial charge is 0.288 e. The Morgan fingerprint density at radius 1 is 0.933 bits per heavy atom. The molecule has 2 aromatic heterocycles. The molecule has 0 saturated carbocycles. The lowest BCUT2D eigenvalue weighted by Crippen LogP contribution is -2.24. The van der Waals surface area contributed by atoms with Crippen LogP contribution in [0.2, 0.25) is 0 Å². The highest BCUT2D eigenvalue weighted by Gasteiger charge is 2.19. The van der Waals surface area contributed by atoms with E-state index in [1.54, 1.807) is 42.5 Å². The molecule has 30 heavy (non-hydrogen) atoms. The van der Waals surface area contributed by atoms with Gasteiger partial charge in [0.25, 0.3) is 5.56 Å². The number of thiazole rings is 1. The van der Waals surface area contributed by atoms with Crippen LogP contribution < -0.4 is 5.56 Å². The fraction of sp³-hybridized carbons (Fsp3) is 0.0435. The molecule has 5 aromatic rings. The number of benzene rings is 3. The van der Waals surface area contributed by atoms with E-state index in [0.717, 1.165) is 0 Å². The van der Waals surface area contributed by atoms with E-state index >= 15 is 0 Å². The highest BCUT2D eigenvalue weighted by atomic mass is 32.1. The molecule has 148 valence electrons. The maximum atomic E-state index is 14.4. The minimum atomic E-state index is -0.392. The quantitative estimate of drug-likeness (QED) is 0.323. The lowest BCUT2D eigenvalue weighted by molar-refractivity contribution is 0.599. The first kappa shape index (κ1) is 18.8. The molecule has 0 radical (unpaired) electrons. The van der Waals surface area contributed by atoms with Gasteiger partial charge in [-0.15, -0.1) is 11.3 Å². The lowest BCUT2D eigenvalue weighted by atomic mass is 10.1. The van der Waals surface area contributed by atoms with E-state index in [1.165, 1.54) is 34.1 Å². The van der Waals surface area contributed by atoms with Crippen molar-refractivity contribution in [3.63, 3.8) is 0 Å². The molecule has 0 unspecified atom stereocenters. The summed E-state index contributed by atoms with van der Waals surface area (Å²) in [4.78, 5) is 14.1. The van der Waals surface area contributed by atoms with E-state index in [0.29, 0.717) is 36.5 Å². The zero-order valence-electron chi connectivity index (χ0n) is 15.5. The summed E-state index contributed by atoms with van der Waals surface area (Å²) in [6, 6.07) is 19.7. The average Bonchev–Trinajstić information content (AvgIpc) is 3.10. The minimum Gasteiger partial charge on any atom is -0.288 e. The highest BCUT2D eigenvalue weighted by Crippen LogP contribution is 2.33. The maximum Gasteiger partial charge on any atom is 0.261 e. The normalized spacial score (nSPS) is 11.4. The minimum absolute atomic E-state index is 0.0354. The first-order valence-corrected chi connectivity index (χ1v) is 10.4. The van der Waals surface area contributed by atoms with Crippen molar-refractivity contribution in [1.82, 2.24) is 8.97 Å². The van der Waals surface area contributed by atoms with E-state index in [-0.39, 0.29) is 17.9 Å². The second kappa shape index (κ2) is 7.27. The SMILES string of the molecule is O=c1c2ccccc2n2c(=S)sc(-c3cccc(F)c3)c2n1Cc1ccccc1F. The lowest BCUT2D eigenvalue weighted by Gasteiger charge is -2.14. The maximum absolute atomic E-state index is 14.4.